The average molecular weight is 287 g/mol. The summed E-state index contributed by atoms with van der Waals surface area (Å²) in [5.74, 6) is 1.59. The van der Waals surface area contributed by atoms with Gasteiger partial charge in [-0.15, -0.1) is 0 Å². The Hall–Kier alpha value is -2.30. The average Bonchev–Trinajstić information content (AvgIpc) is 2.96. The molecule has 1 amide bonds. The van der Waals surface area contributed by atoms with Crippen molar-refractivity contribution in [2.75, 3.05) is 13.2 Å². The fraction of sp³-hybridized carbons (Fsp3) is 0.375. The third-order valence-electron chi connectivity index (χ3n) is 3.16. The quantitative estimate of drug-likeness (QED) is 0.767. The topological polar surface area (TPSA) is 67.0 Å². The first-order valence-corrected chi connectivity index (χ1v) is 7.10. The molecule has 0 unspecified atom stereocenters. The third-order valence-corrected chi connectivity index (χ3v) is 3.16. The van der Waals surface area contributed by atoms with Crippen molar-refractivity contribution in [3.8, 4) is 5.75 Å². The molecule has 0 saturated heterocycles. The molecule has 0 spiro atoms. The van der Waals surface area contributed by atoms with Crippen LogP contribution in [-0.2, 0) is 11.2 Å². The highest BCUT2D eigenvalue weighted by Crippen LogP contribution is 2.18. The zero-order valence-electron chi connectivity index (χ0n) is 12.5. The van der Waals surface area contributed by atoms with E-state index in [4.69, 9.17) is 4.74 Å². The fourth-order valence-electron chi connectivity index (χ4n) is 2.07. The number of aryl methyl sites for hydroxylation is 3. The highest BCUT2D eigenvalue weighted by Gasteiger charge is 2.05. The molecule has 0 fully saturated rings. The van der Waals surface area contributed by atoms with E-state index in [9.17, 15) is 4.79 Å². The summed E-state index contributed by atoms with van der Waals surface area (Å²) in [7, 11) is 0. The van der Waals surface area contributed by atoms with Crippen molar-refractivity contribution in [2.24, 2.45) is 0 Å². The number of rotatable bonds is 7. The SMILES string of the molecule is Cc1ccc(OCC(=O)NCCCc2ncc[nH]2)c(C)c1. The molecule has 0 aliphatic carbocycles. The summed E-state index contributed by atoms with van der Waals surface area (Å²) in [5.41, 5.74) is 2.22. The van der Waals surface area contributed by atoms with E-state index < -0.39 is 0 Å². The Morgan fingerprint density at radius 3 is 2.95 bits per heavy atom. The summed E-state index contributed by atoms with van der Waals surface area (Å²) in [6.07, 6.45) is 5.20. The number of carbonyl (C=O) groups excluding carboxylic acids is 1. The number of aromatic amines is 1. The molecule has 5 heteroatoms. The van der Waals surface area contributed by atoms with E-state index in [1.165, 1.54) is 5.56 Å². The monoisotopic (exact) mass is 287 g/mol. The van der Waals surface area contributed by atoms with Crippen LogP contribution in [-0.4, -0.2) is 29.0 Å². The summed E-state index contributed by atoms with van der Waals surface area (Å²) < 4.78 is 5.53. The maximum absolute atomic E-state index is 11.7. The van der Waals surface area contributed by atoms with Gasteiger partial charge in [0.15, 0.2) is 6.61 Å². The molecule has 2 rings (SSSR count). The van der Waals surface area contributed by atoms with Gasteiger partial charge in [-0.05, 0) is 31.9 Å². The van der Waals surface area contributed by atoms with Crippen LogP contribution in [0.5, 0.6) is 5.75 Å². The molecule has 21 heavy (non-hydrogen) atoms. The van der Waals surface area contributed by atoms with E-state index in [0.717, 1.165) is 30.0 Å². The largest absolute Gasteiger partial charge is 0.484 e. The van der Waals surface area contributed by atoms with Gasteiger partial charge in [-0.2, -0.15) is 0 Å². The van der Waals surface area contributed by atoms with Crippen LogP contribution in [0.15, 0.2) is 30.6 Å². The maximum atomic E-state index is 11.7. The molecule has 5 nitrogen and oxygen atoms in total. The van der Waals surface area contributed by atoms with E-state index in [0.29, 0.717) is 6.54 Å². The van der Waals surface area contributed by atoms with Crippen LogP contribution in [0.1, 0.15) is 23.4 Å². The van der Waals surface area contributed by atoms with E-state index in [1.807, 2.05) is 32.0 Å². The summed E-state index contributed by atoms with van der Waals surface area (Å²) >= 11 is 0. The van der Waals surface area contributed by atoms with Crippen LogP contribution in [0, 0.1) is 13.8 Å². The van der Waals surface area contributed by atoms with E-state index in [1.54, 1.807) is 12.4 Å². The number of ether oxygens (including phenoxy) is 1. The van der Waals surface area contributed by atoms with Crippen molar-refractivity contribution in [2.45, 2.75) is 26.7 Å². The van der Waals surface area contributed by atoms with E-state index in [2.05, 4.69) is 15.3 Å². The summed E-state index contributed by atoms with van der Waals surface area (Å²) in [4.78, 5) is 18.9. The van der Waals surface area contributed by atoms with Gasteiger partial charge in [0.05, 0.1) is 0 Å². The van der Waals surface area contributed by atoms with Crippen LogP contribution in [0.3, 0.4) is 0 Å². The van der Waals surface area contributed by atoms with Gasteiger partial charge in [0.1, 0.15) is 11.6 Å². The zero-order chi connectivity index (χ0) is 15.1. The van der Waals surface area contributed by atoms with E-state index >= 15 is 0 Å². The van der Waals surface area contributed by atoms with Gasteiger partial charge in [0.25, 0.3) is 5.91 Å². The molecule has 2 aromatic rings. The lowest BCUT2D eigenvalue weighted by molar-refractivity contribution is -0.123. The summed E-state index contributed by atoms with van der Waals surface area (Å²) in [5, 5.41) is 2.84. The number of carbonyl (C=O) groups is 1. The lowest BCUT2D eigenvalue weighted by Gasteiger charge is -2.10. The van der Waals surface area contributed by atoms with Crippen LogP contribution < -0.4 is 10.1 Å². The predicted octanol–water partition coefficient (Wildman–Crippen LogP) is 2.15. The molecule has 0 saturated carbocycles. The van der Waals surface area contributed by atoms with Crippen LogP contribution in [0.25, 0.3) is 0 Å². The number of nitrogens with zero attached hydrogens (tertiary/aromatic N) is 1. The normalized spacial score (nSPS) is 10.4. The number of amides is 1. The molecule has 0 bridgehead atoms. The Bertz CT molecular complexity index is 579. The Morgan fingerprint density at radius 2 is 2.24 bits per heavy atom. The fourth-order valence-corrected chi connectivity index (χ4v) is 2.07. The Kier molecular flexibility index (Phi) is 5.37. The van der Waals surface area contributed by atoms with Gasteiger partial charge in [0.2, 0.25) is 0 Å². The molecule has 0 aliphatic rings. The molecule has 0 radical (unpaired) electrons. The second kappa shape index (κ2) is 7.47. The molecular weight excluding hydrogens is 266 g/mol. The number of hydrogen-bond acceptors (Lipinski definition) is 3. The first-order valence-electron chi connectivity index (χ1n) is 7.10. The van der Waals surface area contributed by atoms with Crippen LogP contribution in [0.4, 0.5) is 0 Å². The zero-order valence-corrected chi connectivity index (χ0v) is 12.5. The van der Waals surface area contributed by atoms with Crippen molar-refractivity contribution in [1.29, 1.82) is 0 Å². The van der Waals surface area contributed by atoms with E-state index in [-0.39, 0.29) is 12.5 Å². The number of benzene rings is 1. The number of H-pyrrole nitrogens is 1. The smallest absolute Gasteiger partial charge is 0.257 e. The highest BCUT2D eigenvalue weighted by molar-refractivity contribution is 5.77. The molecule has 1 aromatic carbocycles. The second-order valence-corrected chi connectivity index (χ2v) is 5.05. The maximum Gasteiger partial charge on any atom is 0.257 e. The Balaban J connectivity index is 1.65. The standard InChI is InChI=1S/C16H21N3O2/c1-12-5-6-14(13(2)10-12)21-11-16(20)19-7-3-4-15-17-8-9-18-15/h5-6,8-10H,3-4,7,11H2,1-2H3,(H,17,18)(H,19,20). The van der Waals surface area contributed by atoms with Crippen LogP contribution >= 0.6 is 0 Å². The Labute approximate surface area is 124 Å². The summed E-state index contributed by atoms with van der Waals surface area (Å²) in [6.45, 7) is 4.67. The number of hydrogen-bond donors (Lipinski definition) is 2. The van der Waals surface area contributed by atoms with Gasteiger partial charge in [0, 0.05) is 25.4 Å². The molecule has 1 heterocycles. The van der Waals surface area contributed by atoms with Gasteiger partial charge in [-0.1, -0.05) is 17.7 Å². The predicted molar refractivity (Wildman–Crippen MR) is 81.3 cm³/mol. The molecule has 0 aliphatic heterocycles. The second-order valence-electron chi connectivity index (χ2n) is 5.05. The molecule has 1 aromatic heterocycles. The lowest BCUT2D eigenvalue weighted by atomic mass is 10.1. The minimum Gasteiger partial charge on any atom is -0.484 e. The van der Waals surface area contributed by atoms with Crippen molar-refractivity contribution < 1.29 is 9.53 Å². The third kappa shape index (κ3) is 4.95. The van der Waals surface area contributed by atoms with Gasteiger partial charge in [-0.3, -0.25) is 4.79 Å². The first-order chi connectivity index (χ1) is 10.1. The molecule has 2 N–H and O–H groups in total. The van der Waals surface area contributed by atoms with Gasteiger partial charge < -0.3 is 15.0 Å². The van der Waals surface area contributed by atoms with Crippen molar-refractivity contribution >= 4 is 5.91 Å². The van der Waals surface area contributed by atoms with Crippen molar-refractivity contribution in [1.82, 2.24) is 15.3 Å². The molecular formula is C16H21N3O2. The molecule has 112 valence electrons. The first kappa shape index (κ1) is 15.1. The molecule has 0 atom stereocenters. The number of nitrogens with one attached hydrogen (secondary N) is 2. The summed E-state index contributed by atoms with van der Waals surface area (Å²) in [6, 6.07) is 5.91. The van der Waals surface area contributed by atoms with Crippen molar-refractivity contribution in [3.63, 3.8) is 0 Å². The minimum absolute atomic E-state index is 0.0463. The van der Waals surface area contributed by atoms with Crippen LogP contribution in [0.2, 0.25) is 0 Å². The van der Waals surface area contributed by atoms with Gasteiger partial charge >= 0.3 is 0 Å². The lowest BCUT2D eigenvalue weighted by Crippen LogP contribution is -2.30. The minimum atomic E-state index is -0.102. The number of imidazole rings is 1. The van der Waals surface area contributed by atoms with Gasteiger partial charge in [-0.25, -0.2) is 4.98 Å². The van der Waals surface area contributed by atoms with Crippen molar-refractivity contribution in [3.05, 3.63) is 47.5 Å². The number of aromatic nitrogens is 2. The highest BCUT2D eigenvalue weighted by atomic mass is 16.5. The Morgan fingerprint density at radius 1 is 1.38 bits per heavy atom.